The van der Waals surface area contributed by atoms with E-state index in [1.807, 2.05) is 6.07 Å². The van der Waals surface area contributed by atoms with Crippen LogP contribution in [-0.2, 0) is 0 Å². The number of hydrogen-bond acceptors (Lipinski definition) is 4. The number of carbonyl (C=O) groups is 1. The van der Waals surface area contributed by atoms with Gasteiger partial charge in [0.25, 0.3) is 5.91 Å². The Morgan fingerprint density at radius 3 is 2.92 bits per heavy atom. The molecule has 2 aromatic carbocycles. The number of nitrogens with zero attached hydrogens (tertiary/aromatic N) is 2. The van der Waals surface area contributed by atoms with Crippen LogP contribution < -0.4 is 4.74 Å². The molecule has 1 heterocycles. The second-order valence-corrected chi connectivity index (χ2v) is 6.03. The maximum atomic E-state index is 12.4. The lowest BCUT2D eigenvalue weighted by atomic mass is 10.2. The number of ether oxygens (including phenoxy) is 1. The first-order valence-corrected chi connectivity index (χ1v) is 8.18. The molecule has 0 saturated heterocycles. The lowest BCUT2D eigenvalue weighted by molar-refractivity contribution is 0.0991. The number of para-hydroxylation sites is 1. The number of aromatic hydroxyl groups is 1. The van der Waals surface area contributed by atoms with Crippen molar-refractivity contribution in [1.82, 2.24) is 4.98 Å². The number of benzene rings is 2. The third-order valence-electron chi connectivity index (χ3n) is 3.43. The molecular formula is C18H14BrN3O3. The molecule has 3 aromatic rings. The van der Waals surface area contributed by atoms with E-state index in [4.69, 9.17) is 4.74 Å². The maximum Gasteiger partial charge on any atom is 0.299 e. The van der Waals surface area contributed by atoms with Gasteiger partial charge in [0.05, 0.1) is 11.1 Å². The van der Waals surface area contributed by atoms with Gasteiger partial charge in [0.2, 0.25) is 5.88 Å². The van der Waals surface area contributed by atoms with Crippen molar-refractivity contribution in [2.24, 2.45) is 10.2 Å². The number of amides is 1. The standard InChI is InChI=1S/C18H14BrN3O3/c1-2-9-25-15-6-4-3-5-12(15)17(23)22-21-16-13-10-11(19)7-8-14(13)20-18(16)24/h2-8,10,20,24H,1,9H2. The fourth-order valence-electron chi connectivity index (χ4n) is 2.30. The van der Waals surface area contributed by atoms with Crippen LogP contribution >= 0.6 is 15.9 Å². The molecule has 0 saturated carbocycles. The number of H-pyrrole nitrogens is 1. The van der Waals surface area contributed by atoms with E-state index in [0.717, 1.165) is 4.47 Å². The van der Waals surface area contributed by atoms with E-state index < -0.39 is 5.91 Å². The Hall–Kier alpha value is -2.93. The lowest BCUT2D eigenvalue weighted by Crippen LogP contribution is -2.01. The van der Waals surface area contributed by atoms with Crippen molar-refractivity contribution in [3.05, 3.63) is 65.2 Å². The van der Waals surface area contributed by atoms with Crippen LogP contribution in [0.3, 0.4) is 0 Å². The summed E-state index contributed by atoms with van der Waals surface area (Å²) in [6.45, 7) is 3.86. The number of aromatic nitrogens is 1. The number of fused-ring (bicyclic) bond motifs is 1. The van der Waals surface area contributed by atoms with Gasteiger partial charge in [-0.3, -0.25) is 4.79 Å². The van der Waals surface area contributed by atoms with E-state index >= 15 is 0 Å². The first kappa shape index (κ1) is 16.9. The molecule has 25 heavy (non-hydrogen) atoms. The Bertz CT molecular complexity index is 979. The summed E-state index contributed by atoms with van der Waals surface area (Å²) in [5, 5.41) is 18.3. The number of hydrogen-bond donors (Lipinski definition) is 2. The quantitative estimate of drug-likeness (QED) is 0.460. The first-order chi connectivity index (χ1) is 12.1. The molecule has 0 bridgehead atoms. The normalized spacial score (nSPS) is 11.1. The maximum absolute atomic E-state index is 12.4. The van der Waals surface area contributed by atoms with Crippen LogP contribution in [0.5, 0.6) is 11.6 Å². The van der Waals surface area contributed by atoms with Crippen LogP contribution in [-0.4, -0.2) is 22.6 Å². The molecule has 6 nitrogen and oxygen atoms in total. The molecule has 126 valence electrons. The van der Waals surface area contributed by atoms with E-state index in [2.05, 4.69) is 37.7 Å². The molecule has 0 radical (unpaired) electrons. The highest BCUT2D eigenvalue weighted by molar-refractivity contribution is 9.10. The van der Waals surface area contributed by atoms with Crippen molar-refractivity contribution in [2.45, 2.75) is 0 Å². The molecule has 1 aromatic heterocycles. The van der Waals surface area contributed by atoms with Crippen LogP contribution in [0.2, 0.25) is 0 Å². The van der Waals surface area contributed by atoms with Crippen molar-refractivity contribution in [3.63, 3.8) is 0 Å². The van der Waals surface area contributed by atoms with Gasteiger partial charge >= 0.3 is 0 Å². The van der Waals surface area contributed by atoms with Crippen LogP contribution in [0, 0.1) is 0 Å². The minimum absolute atomic E-state index is 0.152. The summed E-state index contributed by atoms with van der Waals surface area (Å²) in [7, 11) is 0. The summed E-state index contributed by atoms with van der Waals surface area (Å²) in [5.74, 6) is -0.318. The second-order valence-electron chi connectivity index (χ2n) is 5.11. The van der Waals surface area contributed by atoms with Crippen molar-refractivity contribution in [2.75, 3.05) is 6.61 Å². The predicted molar refractivity (Wildman–Crippen MR) is 98.6 cm³/mol. The summed E-state index contributed by atoms with van der Waals surface area (Å²) in [5.41, 5.74) is 1.18. The number of aromatic amines is 1. The highest BCUT2D eigenvalue weighted by Crippen LogP contribution is 2.37. The molecule has 2 N–H and O–H groups in total. The van der Waals surface area contributed by atoms with Gasteiger partial charge in [0.1, 0.15) is 12.4 Å². The summed E-state index contributed by atoms with van der Waals surface area (Å²) in [6, 6.07) is 12.2. The van der Waals surface area contributed by atoms with E-state index in [0.29, 0.717) is 16.7 Å². The Labute approximate surface area is 152 Å². The van der Waals surface area contributed by atoms with Crippen molar-refractivity contribution >= 4 is 38.4 Å². The predicted octanol–water partition coefficient (Wildman–Crippen LogP) is 5.12. The van der Waals surface area contributed by atoms with E-state index in [1.165, 1.54) is 0 Å². The molecule has 0 aliphatic rings. The minimum Gasteiger partial charge on any atom is -0.493 e. The SMILES string of the molecule is C=CCOc1ccccc1C(=O)N=Nc1c(O)[nH]c2ccc(Br)cc12. The van der Waals surface area contributed by atoms with E-state index in [1.54, 1.807) is 42.5 Å². The zero-order chi connectivity index (χ0) is 17.8. The van der Waals surface area contributed by atoms with Gasteiger partial charge in [-0.2, -0.15) is 0 Å². The number of halogens is 1. The molecule has 0 fully saturated rings. The zero-order valence-electron chi connectivity index (χ0n) is 13.1. The number of nitrogens with one attached hydrogen (secondary N) is 1. The highest BCUT2D eigenvalue weighted by atomic mass is 79.9. The van der Waals surface area contributed by atoms with Gasteiger partial charge in [0.15, 0.2) is 5.69 Å². The van der Waals surface area contributed by atoms with Crippen LogP contribution in [0.4, 0.5) is 5.69 Å². The van der Waals surface area contributed by atoms with Gasteiger partial charge in [0, 0.05) is 9.86 Å². The fraction of sp³-hybridized carbons (Fsp3) is 0.0556. The average molecular weight is 400 g/mol. The molecule has 0 unspecified atom stereocenters. The zero-order valence-corrected chi connectivity index (χ0v) is 14.7. The summed E-state index contributed by atoms with van der Waals surface area (Å²) < 4.78 is 6.28. The Morgan fingerprint density at radius 2 is 2.12 bits per heavy atom. The van der Waals surface area contributed by atoms with Gasteiger partial charge in [-0.05, 0) is 30.3 Å². The van der Waals surface area contributed by atoms with Gasteiger partial charge in [-0.25, -0.2) is 0 Å². The monoisotopic (exact) mass is 399 g/mol. The van der Waals surface area contributed by atoms with Gasteiger partial charge in [-0.15, -0.1) is 10.2 Å². The summed E-state index contributed by atoms with van der Waals surface area (Å²) in [6.07, 6.45) is 1.59. The van der Waals surface area contributed by atoms with Gasteiger partial charge < -0.3 is 14.8 Å². The third-order valence-corrected chi connectivity index (χ3v) is 3.92. The topological polar surface area (TPSA) is 87.0 Å². The van der Waals surface area contributed by atoms with Gasteiger partial charge in [-0.1, -0.05) is 40.7 Å². The molecule has 0 aliphatic carbocycles. The molecule has 0 atom stereocenters. The largest absolute Gasteiger partial charge is 0.493 e. The van der Waals surface area contributed by atoms with Crippen LogP contribution in [0.1, 0.15) is 10.4 Å². The Balaban J connectivity index is 1.93. The first-order valence-electron chi connectivity index (χ1n) is 7.39. The van der Waals surface area contributed by atoms with E-state index in [9.17, 15) is 9.90 Å². The third kappa shape index (κ3) is 3.61. The van der Waals surface area contributed by atoms with Crippen LogP contribution in [0.25, 0.3) is 10.9 Å². The number of azo groups is 1. The van der Waals surface area contributed by atoms with Crippen molar-refractivity contribution in [3.8, 4) is 11.6 Å². The van der Waals surface area contributed by atoms with Crippen molar-refractivity contribution in [1.29, 1.82) is 0 Å². The fourth-order valence-corrected chi connectivity index (χ4v) is 2.67. The van der Waals surface area contributed by atoms with Crippen LogP contribution in [0.15, 0.2) is 69.8 Å². The smallest absolute Gasteiger partial charge is 0.299 e. The molecule has 7 heteroatoms. The summed E-state index contributed by atoms with van der Waals surface area (Å²) >= 11 is 3.37. The lowest BCUT2D eigenvalue weighted by Gasteiger charge is -2.06. The molecule has 1 amide bonds. The highest BCUT2D eigenvalue weighted by Gasteiger charge is 2.14. The average Bonchev–Trinajstić information content (AvgIpc) is 2.92. The van der Waals surface area contributed by atoms with E-state index in [-0.39, 0.29) is 23.7 Å². The summed E-state index contributed by atoms with van der Waals surface area (Å²) in [4.78, 5) is 15.2. The van der Waals surface area contributed by atoms with Crippen molar-refractivity contribution < 1.29 is 14.6 Å². The number of carbonyl (C=O) groups excluding carboxylic acids is 1. The second kappa shape index (κ2) is 7.31. The molecule has 0 aliphatic heterocycles. The molecule has 3 rings (SSSR count). The molecule has 0 spiro atoms. The Kier molecular flexibility index (Phi) is 4.95. The minimum atomic E-state index is -0.566. The number of rotatable bonds is 5. The molecular weight excluding hydrogens is 386 g/mol. The Morgan fingerprint density at radius 1 is 1.32 bits per heavy atom.